The molecule has 2 bridgehead atoms. The Labute approximate surface area is 180 Å². The zero-order valence-electron chi connectivity index (χ0n) is 18.1. The first kappa shape index (κ1) is 25.7. The molecule has 30 heavy (non-hydrogen) atoms. The van der Waals surface area contributed by atoms with Crippen LogP contribution in [0.3, 0.4) is 0 Å². The summed E-state index contributed by atoms with van der Waals surface area (Å²) in [7, 11) is -4.06. The van der Waals surface area contributed by atoms with Gasteiger partial charge in [0.05, 0.1) is 0 Å². The van der Waals surface area contributed by atoms with Crippen LogP contribution < -0.4 is 5.73 Å². The van der Waals surface area contributed by atoms with Gasteiger partial charge in [0.15, 0.2) is 0 Å². The number of carboxylic acid groups (broad SMARTS) is 1. The maximum absolute atomic E-state index is 11.9. The molecule has 11 heteroatoms. The zero-order valence-corrected chi connectivity index (χ0v) is 19.0. The summed E-state index contributed by atoms with van der Waals surface area (Å²) in [6, 6.07) is -0.460. The van der Waals surface area contributed by atoms with Gasteiger partial charge in [-0.3, -0.25) is 19.2 Å². The Morgan fingerprint density at radius 1 is 0.867 bits per heavy atom. The van der Waals surface area contributed by atoms with Crippen LogP contribution in [0.1, 0.15) is 32.1 Å². The Balaban J connectivity index is 2.02. The van der Waals surface area contributed by atoms with Gasteiger partial charge in [0.25, 0.3) is 0 Å². The third kappa shape index (κ3) is 9.70. The van der Waals surface area contributed by atoms with Gasteiger partial charge in [0.2, 0.25) is 0 Å². The van der Waals surface area contributed by atoms with Crippen LogP contribution in [0.25, 0.3) is 0 Å². The van der Waals surface area contributed by atoms with Crippen molar-refractivity contribution in [3.05, 3.63) is 0 Å². The second-order valence-corrected chi connectivity index (χ2v) is 10.1. The molecule has 0 aromatic rings. The number of nitrogens with two attached hydrogens (primary N) is 1. The third-order valence-electron chi connectivity index (χ3n) is 6.08. The maximum Gasteiger partial charge on any atom is 0.339 e. The minimum Gasteiger partial charge on any atom is -0.480 e. The molecule has 176 valence electrons. The Bertz CT molecular complexity index is 563. The summed E-state index contributed by atoms with van der Waals surface area (Å²) in [4.78, 5) is 39.4. The van der Waals surface area contributed by atoms with Crippen molar-refractivity contribution in [2.75, 3.05) is 78.3 Å². The highest BCUT2D eigenvalue weighted by molar-refractivity contribution is 7.51. The van der Waals surface area contributed by atoms with Crippen LogP contribution in [-0.2, 0) is 9.36 Å². The molecule has 0 aliphatic carbocycles. The molecule has 0 saturated carbocycles. The average molecular weight is 450 g/mol. The summed E-state index contributed by atoms with van der Waals surface area (Å²) < 4.78 is 11.5. The molecule has 0 aromatic carbocycles. The fraction of sp³-hybridized carbons (Fsp3) is 0.947. The van der Waals surface area contributed by atoms with E-state index in [2.05, 4.69) is 14.7 Å². The van der Waals surface area contributed by atoms with E-state index in [1.165, 1.54) is 0 Å². The second-order valence-electron chi connectivity index (χ2n) is 8.49. The number of fused-ring (bicyclic) bond motifs is 3. The SMILES string of the molecule is NCCCCC(C(=O)O)N1CCCN2CCN(CCCN(CP(=O)(O)O)CC2)CC1. The van der Waals surface area contributed by atoms with Crippen LogP contribution in [0.4, 0.5) is 0 Å². The van der Waals surface area contributed by atoms with Gasteiger partial charge in [0, 0.05) is 52.4 Å². The molecule has 5 N–H and O–H groups in total. The van der Waals surface area contributed by atoms with E-state index in [9.17, 15) is 24.3 Å². The normalized spacial score (nSPS) is 26.9. The molecule has 2 aliphatic heterocycles. The molecule has 2 heterocycles. The van der Waals surface area contributed by atoms with Crippen LogP contribution in [0.5, 0.6) is 0 Å². The first-order chi connectivity index (χ1) is 14.3. The van der Waals surface area contributed by atoms with Crippen LogP contribution in [0, 0.1) is 0 Å². The highest BCUT2D eigenvalue weighted by atomic mass is 31.2. The van der Waals surface area contributed by atoms with Gasteiger partial charge in [-0.05, 0) is 45.3 Å². The van der Waals surface area contributed by atoms with Crippen molar-refractivity contribution in [1.82, 2.24) is 19.6 Å². The van der Waals surface area contributed by atoms with Crippen molar-refractivity contribution in [3.8, 4) is 0 Å². The molecular weight excluding hydrogens is 409 g/mol. The molecule has 2 aliphatic rings. The molecule has 2 fully saturated rings. The lowest BCUT2D eigenvalue weighted by Gasteiger charge is -2.37. The number of carboxylic acids is 1. The van der Waals surface area contributed by atoms with E-state index in [1.54, 1.807) is 0 Å². The minimum absolute atomic E-state index is 0.183. The van der Waals surface area contributed by atoms with Crippen molar-refractivity contribution in [1.29, 1.82) is 0 Å². The molecular formula is C19H40N5O5P. The van der Waals surface area contributed by atoms with Crippen molar-refractivity contribution < 1.29 is 24.3 Å². The first-order valence-electron chi connectivity index (χ1n) is 11.2. The zero-order chi connectivity index (χ0) is 22.0. The number of nitrogens with zero attached hydrogens (tertiary/aromatic N) is 4. The van der Waals surface area contributed by atoms with E-state index >= 15 is 0 Å². The largest absolute Gasteiger partial charge is 0.480 e. The number of hydrogen-bond acceptors (Lipinski definition) is 7. The summed E-state index contributed by atoms with van der Waals surface area (Å²) in [5, 5.41) is 9.78. The first-order valence-corrected chi connectivity index (χ1v) is 13.0. The molecule has 0 amide bonds. The van der Waals surface area contributed by atoms with Crippen molar-refractivity contribution in [2.45, 2.75) is 38.1 Å². The smallest absolute Gasteiger partial charge is 0.339 e. The van der Waals surface area contributed by atoms with Crippen molar-refractivity contribution >= 4 is 13.6 Å². The van der Waals surface area contributed by atoms with Crippen molar-refractivity contribution in [2.24, 2.45) is 5.73 Å². The maximum atomic E-state index is 11.9. The Morgan fingerprint density at radius 2 is 1.47 bits per heavy atom. The van der Waals surface area contributed by atoms with Gasteiger partial charge in [-0.25, -0.2) is 0 Å². The molecule has 3 atom stereocenters. The third-order valence-corrected chi connectivity index (χ3v) is 6.85. The Hall–Kier alpha value is -0.580. The molecule has 0 radical (unpaired) electrons. The quantitative estimate of drug-likeness (QED) is 0.290. The Kier molecular flexibility index (Phi) is 11.2. The van der Waals surface area contributed by atoms with Crippen LogP contribution in [0.2, 0.25) is 0 Å². The molecule has 0 spiro atoms. The molecule has 10 nitrogen and oxygen atoms in total. The fourth-order valence-electron chi connectivity index (χ4n) is 4.40. The minimum atomic E-state index is -4.06. The standard InChI is InChI=1S/C19H40N5O5P/c20-6-2-1-5-18(19(25)26)24-10-4-8-21-11-12-22(15-16-24)7-3-9-23(14-13-21)17-30(27,28)29/h18H,1-17,20H2,(H,25,26)(H2,27,28,29). The van der Waals surface area contributed by atoms with E-state index in [0.29, 0.717) is 26.1 Å². The predicted octanol–water partition coefficient (Wildman–Crippen LogP) is -0.281. The van der Waals surface area contributed by atoms with Gasteiger partial charge in [-0.2, -0.15) is 0 Å². The Morgan fingerprint density at radius 3 is 2.07 bits per heavy atom. The van der Waals surface area contributed by atoms with Crippen LogP contribution in [0.15, 0.2) is 0 Å². The van der Waals surface area contributed by atoms with Crippen LogP contribution >= 0.6 is 7.60 Å². The van der Waals surface area contributed by atoms with E-state index in [0.717, 1.165) is 78.0 Å². The number of carbonyl (C=O) groups is 1. The lowest BCUT2D eigenvalue weighted by atomic mass is 10.1. The van der Waals surface area contributed by atoms with E-state index in [-0.39, 0.29) is 6.29 Å². The highest BCUT2D eigenvalue weighted by Gasteiger charge is 2.27. The number of unbranched alkanes of at least 4 members (excludes halogenated alkanes) is 1. The number of hydrogen-bond donors (Lipinski definition) is 4. The fourth-order valence-corrected chi connectivity index (χ4v) is 5.21. The molecule has 2 saturated heterocycles. The molecule has 0 aromatic heterocycles. The summed E-state index contributed by atoms with van der Waals surface area (Å²) in [6.07, 6.45) is 3.86. The predicted molar refractivity (Wildman–Crippen MR) is 117 cm³/mol. The van der Waals surface area contributed by atoms with Gasteiger partial charge >= 0.3 is 13.6 Å². The topological polar surface area (TPSA) is 134 Å². The van der Waals surface area contributed by atoms with Crippen LogP contribution in [-0.4, -0.2) is 125 Å². The average Bonchev–Trinajstić information content (AvgIpc) is 2.67. The molecule has 3 unspecified atom stereocenters. The number of aliphatic carboxylic acids is 1. The summed E-state index contributed by atoms with van der Waals surface area (Å²) in [6.45, 7) is 8.55. The van der Waals surface area contributed by atoms with E-state index in [4.69, 9.17) is 5.73 Å². The van der Waals surface area contributed by atoms with Gasteiger partial charge in [-0.15, -0.1) is 0 Å². The summed E-state index contributed by atoms with van der Waals surface area (Å²) >= 11 is 0. The van der Waals surface area contributed by atoms with E-state index in [1.807, 2.05) is 4.90 Å². The van der Waals surface area contributed by atoms with Crippen molar-refractivity contribution in [3.63, 3.8) is 0 Å². The van der Waals surface area contributed by atoms with E-state index < -0.39 is 19.6 Å². The highest BCUT2D eigenvalue weighted by Crippen LogP contribution is 2.35. The summed E-state index contributed by atoms with van der Waals surface area (Å²) in [5.74, 6) is -0.748. The molecule has 2 rings (SSSR count). The lowest BCUT2D eigenvalue weighted by Crippen LogP contribution is -2.50. The second kappa shape index (κ2) is 13.1. The lowest BCUT2D eigenvalue weighted by molar-refractivity contribution is -0.143. The monoisotopic (exact) mass is 449 g/mol. The summed E-state index contributed by atoms with van der Waals surface area (Å²) in [5.41, 5.74) is 5.58. The number of rotatable bonds is 8. The van der Waals surface area contributed by atoms with Gasteiger partial charge in [0.1, 0.15) is 12.3 Å². The van der Waals surface area contributed by atoms with Gasteiger partial charge < -0.3 is 30.4 Å². The van der Waals surface area contributed by atoms with Gasteiger partial charge in [-0.1, -0.05) is 6.42 Å².